The van der Waals surface area contributed by atoms with Crippen molar-refractivity contribution >= 4 is 5.91 Å². The molecule has 1 saturated heterocycles. The van der Waals surface area contributed by atoms with Crippen molar-refractivity contribution < 1.29 is 9.18 Å². The van der Waals surface area contributed by atoms with E-state index in [0.29, 0.717) is 36.9 Å². The molecule has 1 fully saturated rings. The molecule has 2 rings (SSSR count). The Morgan fingerprint density at radius 2 is 2.38 bits per heavy atom. The van der Waals surface area contributed by atoms with E-state index >= 15 is 0 Å². The standard InChI is InChI=1S/C12H19FN2O/c1-8-5-9(6-14-8)7-15-12(16)10-3-2-4-11(10)13/h8-9,14H,2-7H2,1H3,(H,15,16). The second-order valence-corrected chi connectivity index (χ2v) is 4.86. The van der Waals surface area contributed by atoms with Gasteiger partial charge in [-0.3, -0.25) is 4.79 Å². The van der Waals surface area contributed by atoms with E-state index in [4.69, 9.17) is 0 Å². The van der Waals surface area contributed by atoms with Crippen LogP contribution in [-0.4, -0.2) is 25.0 Å². The molecule has 0 aromatic rings. The molecular weight excluding hydrogens is 207 g/mol. The van der Waals surface area contributed by atoms with Crippen LogP contribution >= 0.6 is 0 Å². The normalized spacial score (nSPS) is 29.9. The molecule has 2 N–H and O–H groups in total. The molecule has 2 aliphatic rings. The van der Waals surface area contributed by atoms with Crippen molar-refractivity contribution in [1.82, 2.24) is 10.6 Å². The molecule has 90 valence electrons. The van der Waals surface area contributed by atoms with Gasteiger partial charge >= 0.3 is 0 Å². The fraction of sp³-hybridized carbons (Fsp3) is 0.750. The van der Waals surface area contributed by atoms with Gasteiger partial charge in [-0.05, 0) is 45.1 Å². The summed E-state index contributed by atoms with van der Waals surface area (Å²) in [6, 6.07) is 0.532. The fourth-order valence-electron chi connectivity index (χ4n) is 2.48. The van der Waals surface area contributed by atoms with Gasteiger partial charge in [-0.15, -0.1) is 0 Å². The highest BCUT2D eigenvalue weighted by molar-refractivity contribution is 5.94. The zero-order chi connectivity index (χ0) is 11.5. The lowest BCUT2D eigenvalue weighted by Gasteiger charge is -2.10. The SMILES string of the molecule is CC1CC(CNC(=O)C2=C(F)CCC2)CN1. The van der Waals surface area contributed by atoms with E-state index in [-0.39, 0.29) is 11.7 Å². The second kappa shape index (κ2) is 4.95. The van der Waals surface area contributed by atoms with Gasteiger partial charge in [0.2, 0.25) is 5.91 Å². The molecule has 2 unspecified atom stereocenters. The number of hydrogen-bond acceptors (Lipinski definition) is 2. The van der Waals surface area contributed by atoms with Gasteiger partial charge < -0.3 is 10.6 Å². The Hall–Kier alpha value is -0.900. The largest absolute Gasteiger partial charge is 0.352 e. The van der Waals surface area contributed by atoms with Crippen LogP contribution in [0.15, 0.2) is 11.4 Å². The Balaban J connectivity index is 1.78. The first-order chi connectivity index (χ1) is 7.66. The van der Waals surface area contributed by atoms with Crippen LogP contribution in [0.3, 0.4) is 0 Å². The maximum Gasteiger partial charge on any atom is 0.249 e. The highest BCUT2D eigenvalue weighted by Gasteiger charge is 2.24. The smallest absolute Gasteiger partial charge is 0.249 e. The molecule has 1 aliphatic carbocycles. The minimum atomic E-state index is -0.213. The number of halogens is 1. The summed E-state index contributed by atoms with van der Waals surface area (Å²) in [7, 11) is 0. The van der Waals surface area contributed by atoms with Gasteiger partial charge in [0.25, 0.3) is 0 Å². The van der Waals surface area contributed by atoms with Gasteiger partial charge in [0.1, 0.15) is 5.83 Å². The molecular formula is C12H19FN2O. The minimum Gasteiger partial charge on any atom is -0.352 e. The molecule has 0 aromatic carbocycles. The monoisotopic (exact) mass is 226 g/mol. The number of allylic oxidation sites excluding steroid dienone is 1. The van der Waals surface area contributed by atoms with Crippen LogP contribution in [0.4, 0.5) is 4.39 Å². The summed E-state index contributed by atoms with van der Waals surface area (Å²) < 4.78 is 13.2. The Morgan fingerprint density at radius 3 is 2.94 bits per heavy atom. The van der Waals surface area contributed by atoms with Crippen molar-refractivity contribution in [1.29, 1.82) is 0 Å². The van der Waals surface area contributed by atoms with Gasteiger partial charge in [-0.25, -0.2) is 4.39 Å². The quantitative estimate of drug-likeness (QED) is 0.766. The molecule has 0 spiro atoms. The summed E-state index contributed by atoms with van der Waals surface area (Å²) in [6.07, 6.45) is 2.89. The van der Waals surface area contributed by atoms with Gasteiger partial charge in [0.05, 0.1) is 0 Å². The van der Waals surface area contributed by atoms with Crippen molar-refractivity contribution in [3.8, 4) is 0 Å². The predicted octanol–water partition coefficient (Wildman–Crippen LogP) is 1.51. The lowest BCUT2D eigenvalue weighted by atomic mass is 10.1. The minimum absolute atomic E-state index is 0.199. The van der Waals surface area contributed by atoms with Gasteiger partial charge in [-0.2, -0.15) is 0 Å². The van der Waals surface area contributed by atoms with Crippen LogP contribution in [0.2, 0.25) is 0 Å². The highest BCUT2D eigenvalue weighted by Crippen LogP contribution is 2.26. The molecule has 0 saturated carbocycles. The van der Waals surface area contributed by atoms with Gasteiger partial charge in [0.15, 0.2) is 0 Å². The maximum absolute atomic E-state index is 13.2. The van der Waals surface area contributed by atoms with Crippen molar-refractivity contribution in [3.63, 3.8) is 0 Å². The third-order valence-corrected chi connectivity index (χ3v) is 3.42. The molecule has 0 bridgehead atoms. The van der Waals surface area contributed by atoms with E-state index < -0.39 is 0 Å². The number of amides is 1. The molecule has 1 aliphatic heterocycles. The van der Waals surface area contributed by atoms with E-state index in [1.165, 1.54) is 0 Å². The van der Waals surface area contributed by atoms with Crippen LogP contribution < -0.4 is 10.6 Å². The maximum atomic E-state index is 13.2. The number of carbonyl (C=O) groups excluding carboxylic acids is 1. The highest BCUT2D eigenvalue weighted by atomic mass is 19.1. The summed E-state index contributed by atoms with van der Waals surface area (Å²) in [5.74, 6) is 0.0778. The van der Waals surface area contributed by atoms with E-state index in [9.17, 15) is 9.18 Å². The number of carbonyl (C=O) groups is 1. The van der Waals surface area contributed by atoms with Crippen LogP contribution in [0.5, 0.6) is 0 Å². The Labute approximate surface area is 95.5 Å². The molecule has 0 aromatic heterocycles. The predicted molar refractivity (Wildman–Crippen MR) is 60.6 cm³/mol. The lowest BCUT2D eigenvalue weighted by Crippen LogP contribution is -2.31. The third-order valence-electron chi connectivity index (χ3n) is 3.42. The molecule has 3 nitrogen and oxygen atoms in total. The zero-order valence-corrected chi connectivity index (χ0v) is 9.68. The van der Waals surface area contributed by atoms with E-state index in [0.717, 1.165) is 19.4 Å². The van der Waals surface area contributed by atoms with Crippen molar-refractivity contribution in [2.24, 2.45) is 5.92 Å². The van der Waals surface area contributed by atoms with Crippen LogP contribution in [0.1, 0.15) is 32.6 Å². The van der Waals surface area contributed by atoms with Crippen molar-refractivity contribution in [3.05, 3.63) is 11.4 Å². The van der Waals surface area contributed by atoms with Crippen LogP contribution in [0.25, 0.3) is 0 Å². The molecule has 2 atom stereocenters. The first kappa shape index (κ1) is 11.6. The number of nitrogens with one attached hydrogen (secondary N) is 2. The Kier molecular flexibility index (Phi) is 3.59. The van der Waals surface area contributed by atoms with Crippen molar-refractivity contribution in [2.75, 3.05) is 13.1 Å². The number of rotatable bonds is 3. The topological polar surface area (TPSA) is 41.1 Å². The van der Waals surface area contributed by atoms with E-state index in [2.05, 4.69) is 17.6 Å². The molecule has 4 heteroatoms. The Morgan fingerprint density at radius 1 is 1.56 bits per heavy atom. The second-order valence-electron chi connectivity index (χ2n) is 4.86. The first-order valence-electron chi connectivity index (χ1n) is 6.06. The summed E-state index contributed by atoms with van der Waals surface area (Å²) in [4.78, 5) is 11.7. The average molecular weight is 226 g/mol. The summed E-state index contributed by atoms with van der Waals surface area (Å²) in [5, 5.41) is 6.17. The molecule has 0 radical (unpaired) electrons. The Bertz CT molecular complexity index is 314. The lowest BCUT2D eigenvalue weighted by molar-refractivity contribution is -0.117. The molecule has 1 heterocycles. The van der Waals surface area contributed by atoms with Gasteiger partial charge in [-0.1, -0.05) is 0 Å². The van der Waals surface area contributed by atoms with Gasteiger partial charge in [0, 0.05) is 18.2 Å². The fourth-order valence-corrected chi connectivity index (χ4v) is 2.48. The summed E-state index contributed by atoms with van der Waals surface area (Å²) in [5.41, 5.74) is 0.374. The summed E-state index contributed by atoms with van der Waals surface area (Å²) in [6.45, 7) is 3.75. The molecule has 16 heavy (non-hydrogen) atoms. The average Bonchev–Trinajstić information content (AvgIpc) is 2.84. The first-order valence-corrected chi connectivity index (χ1v) is 6.06. The summed E-state index contributed by atoms with van der Waals surface area (Å²) >= 11 is 0. The van der Waals surface area contributed by atoms with E-state index in [1.807, 2.05) is 0 Å². The van der Waals surface area contributed by atoms with Crippen molar-refractivity contribution in [2.45, 2.75) is 38.6 Å². The zero-order valence-electron chi connectivity index (χ0n) is 9.68. The van der Waals surface area contributed by atoms with Crippen LogP contribution in [0, 0.1) is 5.92 Å². The number of hydrogen-bond donors (Lipinski definition) is 2. The molecule has 1 amide bonds. The third kappa shape index (κ3) is 2.61. The van der Waals surface area contributed by atoms with E-state index in [1.54, 1.807) is 0 Å². The van der Waals surface area contributed by atoms with Crippen LogP contribution in [-0.2, 0) is 4.79 Å².